The molecule has 0 amide bonds. The summed E-state index contributed by atoms with van der Waals surface area (Å²) < 4.78 is 34.5. The van der Waals surface area contributed by atoms with Gasteiger partial charge in [0, 0.05) is 12.8 Å². The molecule has 1 N–H and O–H groups in total. The van der Waals surface area contributed by atoms with E-state index >= 15 is 0 Å². The minimum atomic E-state index is -4.39. The largest absolute Gasteiger partial charge is 0.472 e. The summed E-state index contributed by atoms with van der Waals surface area (Å²) in [6.45, 7) is 4.33. The van der Waals surface area contributed by atoms with Gasteiger partial charge in [-0.3, -0.25) is 18.6 Å². The first-order chi connectivity index (χ1) is 32.5. The summed E-state index contributed by atoms with van der Waals surface area (Å²) >= 11 is 0. The monoisotopic (exact) mass is 965 g/mol. The Kier molecular flexibility index (Phi) is 47.5. The number of likely N-dealkylation sites (N-methyl/N-ethyl adjacent to an activating group) is 1. The van der Waals surface area contributed by atoms with E-state index in [0.29, 0.717) is 17.4 Å². The van der Waals surface area contributed by atoms with Crippen LogP contribution in [0.25, 0.3) is 0 Å². The molecule has 9 nitrogen and oxygen atoms in total. The molecule has 0 spiro atoms. The van der Waals surface area contributed by atoms with Gasteiger partial charge in [-0.2, -0.15) is 0 Å². The first-order valence-corrected chi connectivity index (χ1v) is 29.4. The molecule has 0 bridgehead atoms. The Bertz CT molecular complexity index is 1270. The van der Waals surface area contributed by atoms with Crippen molar-refractivity contribution in [1.82, 2.24) is 0 Å². The molecular weight excluding hydrogens is 858 g/mol. The molecule has 0 aromatic heterocycles. The van der Waals surface area contributed by atoms with Crippen LogP contribution in [0.3, 0.4) is 0 Å². The number of rotatable bonds is 51. The molecular formula is C57H107NO8P+. The van der Waals surface area contributed by atoms with Crippen LogP contribution in [0.4, 0.5) is 0 Å². The Hall–Kier alpha value is -2.03. The number of esters is 2. The Morgan fingerprint density at radius 3 is 1.27 bits per heavy atom. The van der Waals surface area contributed by atoms with E-state index in [0.717, 1.165) is 83.5 Å². The van der Waals surface area contributed by atoms with Crippen molar-refractivity contribution in [3.05, 3.63) is 48.6 Å². The SMILES string of the molecule is CC/C=C\C/C=C\C/C=C\C/C=C\CCCCCCCCC(=O)OC(COC(=O)CCCCCCCCCCCCCCCCCCCCCCCCCC)COP(=O)(O)OCC[N+](C)(C)C. The van der Waals surface area contributed by atoms with Crippen LogP contribution in [0.5, 0.6) is 0 Å². The lowest BCUT2D eigenvalue weighted by Crippen LogP contribution is -2.37. The Morgan fingerprint density at radius 2 is 0.851 bits per heavy atom. The molecule has 0 aromatic carbocycles. The van der Waals surface area contributed by atoms with Gasteiger partial charge >= 0.3 is 19.8 Å². The molecule has 0 rings (SSSR count). The van der Waals surface area contributed by atoms with Crippen molar-refractivity contribution in [1.29, 1.82) is 0 Å². The third kappa shape index (κ3) is 53.2. The number of unbranched alkanes of at least 4 members (excludes halogenated alkanes) is 29. The summed E-state index contributed by atoms with van der Waals surface area (Å²) in [5.41, 5.74) is 0. The highest BCUT2D eigenvalue weighted by Crippen LogP contribution is 2.43. The van der Waals surface area contributed by atoms with Gasteiger partial charge in [-0.15, -0.1) is 0 Å². The maximum atomic E-state index is 12.8. The summed E-state index contributed by atoms with van der Waals surface area (Å²) in [7, 11) is 1.47. The van der Waals surface area contributed by atoms with E-state index in [1.54, 1.807) is 0 Å². The van der Waals surface area contributed by atoms with Gasteiger partial charge in [0.1, 0.15) is 19.8 Å². The Labute approximate surface area is 414 Å². The number of allylic oxidation sites excluding steroid dienone is 8. The second-order valence-electron chi connectivity index (χ2n) is 19.9. The number of carbonyl (C=O) groups is 2. The molecule has 0 saturated carbocycles. The van der Waals surface area contributed by atoms with Gasteiger partial charge in [0.25, 0.3) is 0 Å². The van der Waals surface area contributed by atoms with E-state index in [4.69, 9.17) is 18.5 Å². The van der Waals surface area contributed by atoms with E-state index in [9.17, 15) is 19.0 Å². The number of hydrogen-bond donors (Lipinski definition) is 1. The fraction of sp³-hybridized carbons (Fsp3) is 0.825. The fourth-order valence-corrected chi connectivity index (χ4v) is 8.57. The van der Waals surface area contributed by atoms with Gasteiger partial charge in [-0.25, -0.2) is 4.57 Å². The Morgan fingerprint density at radius 1 is 0.478 bits per heavy atom. The third-order valence-corrected chi connectivity index (χ3v) is 13.1. The minimum absolute atomic E-state index is 0.0285. The molecule has 67 heavy (non-hydrogen) atoms. The number of ether oxygens (including phenoxy) is 2. The number of hydrogen-bond acceptors (Lipinski definition) is 7. The van der Waals surface area contributed by atoms with Crippen LogP contribution in [0, 0.1) is 0 Å². The third-order valence-electron chi connectivity index (χ3n) is 12.1. The van der Waals surface area contributed by atoms with Crippen LogP contribution in [0.1, 0.15) is 251 Å². The summed E-state index contributed by atoms with van der Waals surface area (Å²) in [5.74, 6) is -0.805. The van der Waals surface area contributed by atoms with Crippen LogP contribution < -0.4 is 0 Å². The summed E-state index contributed by atoms with van der Waals surface area (Å²) in [5, 5.41) is 0. The number of nitrogens with zero attached hydrogens (tertiary/aromatic N) is 1. The van der Waals surface area contributed by atoms with Crippen molar-refractivity contribution in [2.75, 3.05) is 47.5 Å². The number of quaternary nitrogens is 1. The standard InChI is InChI=1S/C57H106NO8P/c1-6-8-10-12-14-16-18-20-22-24-26-27-28-29-30-32-33-35-37-39-41-43-45-47-49-56(59)63-53-55(54-65-67(61,62)64-52-51-58(3,4)5)66-57(60)50-48-46-44-42-40-38-36-34-31-25-23-21-19-17-15-13-11-9-7-2/h9,11,15,17,21,23,31,34,55H,6-8,10,12-14,16,18-20,22,24-30,32-33,35-54H2,1-5H3/p+1/b11-9-,17-15-,23-21-,34-31-. The lowest BCUT2D eigenvalue weighted by molar-refractivity contribution is -0.870. The van der Waals surface area contributed by atoms with Gasteiger partial charge in [0.2, 0.25) is 0 Å². The smallest absolute Gasteiger partial charge is 0.462 e. The zero-order valence-electron chi connectivity index (χ0n) is 44.4. The molecule has 392 valence electrons. The fourth-order valence-electron chi connectivity index (χ4n) is 7.83. The van der Waals surface area contributed by atoms with Crippen molar-refractivity contribution in [3.8, 4) is 0 Å². The molecule has 2 unspecified atom stereocenters. The van der Waals surface area contributed by atoms with E-state index in [-0.39, 0.29) is 32.0 Å². The zero-order chi connectivity index (χ0) is 49.2. The average molecular weight is 965 g/mol. The number of phosphoric ester groups is 1. The van der Waals surface area contributed by atoms with Crippen molar-refractivity contribution >= 4 is 19.8 Å². The average Bonchev–Trinajstić information content (AvgIpc) is 3.29. The molecule has 0 aliphatic rings. The van der Waals surface area contributed by atoms with Crippen molar-refractivity contribution in [2.24, 2.45) is 0 Å². The highest BCUT2D eigenvalue weighted by Gasteiger charge is 2.27. The van der Waals surface area contributed by atoms with Gasteiger partial charge in [0.15, 0.2) is 6.10 Å². The van der Waals surface area contributed by atoms with Crippen molar-refractivity contribution < 1.29 is 42.1 Å². The lowest BCUT2D eigenvalue weighted by atomic mass is 10.0. The molecule has 0 saturated heterocycles. The number of phosphoric acid groups is 1. The van der Waals surface area contributed by atoms with Gasteiger partial charge in [-0.05, 0) is 51.4 Å². The predicted octanol–water partition coefficient (Wildman–Crippen LogP) is 17.0. The van der Waals surface area contributed by atoms with Crippen LogP contribution in [0.15, 0.2) is 48.6 Å². The van der Waals surface area contributed by atoms with E-state index in [2.05, 4.69) is 62.5 Å². The van der Waals surface area contributed by atoms with E-state index < -0.39 is 26.5 Å². The Balaban J connectivity index is 4.17. The van der Waals surface area contributed by atoms with Crippen LogP contribution in [0.2, 0.25) is 0 Å². The summed E-state index contributed by atoms with van der Waals surface area (Å²) in [6.07, 6.45) is 60.3. The van der Waals surface area contributed by atoms with Crippen molar-refractivity contribution in [2.45, 2.75) is 258 Å². The molecule has 0 aliphatic heterocycles. The molecule has 0 fully saturated rings. The van der Waals surface area contributed by atoms with Crippen LogP contribution in [-0.4, -0.2) is 74.9 Å². The quantitative estimate of drug-likeness (QED) is 0.0211. The van der Waals surface area contributed by atoms with Crippen molar-refractivity contribution in [3.63, 3.8) is 0 Å². The predicted molar refractivity (Wildman–Crippen MR) is 284 cm³/mol. The topological polar surface area (TPSA) is 108 Å². The second kappa shape index (κ2) is 49.0. The summed E-state index contributed by atoms with van der Waals surface area (Å²) in [6, 6.07) is 0. The number of carbonyl (C=O) groups excluding carboxylic acids is 2. The maximum absolute atomic E-state index is 12.8. The first-order valence-electron chi connectivity index (χ1n) is 27.9. The highest BCUT2D eigenvalue weighted by atomic mass is 31.2. The lowest BCUT2D eigenvalue weighted by Gasteiger charge is -2.24. The van der Waals surface area contributed by atoms with Gasteiger partial charge in [0.05, 0.1) is 27.7 Å². The maximum Gasteiger partial charge on any atom is 0.472 e. The molecule has 0 aliphatic carbocycles. The van der Waals surface area contributed by atoms with Gasteiger partial charge in [-0.1, -0.05) is 236 Å². The molecule has 0 aromatic rings. The second-order valence-corrected chi connectivity index (χ2v) is 21.4. The molecule has 2 atom stereocenters. The molecule has 0 radical (unpaired) electrons. The zero-order valence-corrected chi connectivity index (χ0v) is 45.3. The van der Waals surface area contributed by atoms with Gasteiger partial charge < -0.3 is 18.9 Å². The normalized spacial score (nSPS) is 13.7. The van der Waals surface area contributed by atoms with Crippen LogP contribution >= 0.6 is 7.82 Å². The summed E-state index contributed by atoms with van der Waals surface area (Å²) in [4.78, 5) is 35.6. The molecule has 10 heteroatoms. The van der Waals surface area contributed by atoms with Crippen LogP contribution in [-0.2, 0) is 32.7 Å². The van der Waals surface area contributed by atoms with E-state index in [1.807, 2.05) is 21.1 Å². The highest BCUT2D eigenvalue weighted by molar-refractivity contribution is 7.47. The van der Waals surface area contributed by atoms with E-state index in [1.165, 1.54) is 135 Å². The first kappa shape index (κ1) is 65.0. The minimum Gasteiger partial charge on any atom is -0.462 e. The molecule has 0 heterocycles.